The summed E-state index contributed by atoms with van der Waals surface area (Å²) < 4.78 is 0. The molecule has 0 unspecified atom stereocenters. The lowest BCUT2D eigenvalue weighted by molar-refractivity contribution is -0.114. The van der Waals surface area contributed by atoms with E-state index in [-0.39, 0.29) is 18.4 Å². The first kappa shape index (κ1) is 16.7. The third-order valence-electron chi connectivity index (χ3n) is 4.72. The molecule has 0 saturated carbocycles. The van der Waals surface area contributed by atoms with Gasteiger partial charge in [0.15, 0.2) is 0 Å². The summed E-state index contributed by atoms with van der Waals surface area (Å²) in [5, 5.41) is 6.54. The fourth-order valence-corrected chi connectivity index (χ4v) is 3.51. The zero-order valence-electron chi connectivity index (χ0n) is 14.2. The van der Waals surface area contributed by atoms with Gasteiger partial charge in [0.1, 0.15) is 0 Å². The second-order valence-electron chi connectivity index (χ2n) is 6.42. The molecule has 2 aliphatic rings. The minimum atomic E-state index is -0.0998. The number of anilines is 3. The summed E-state index contributed by atoms with van der Waals surface area (Å²) in [4.78, 5) is 28.4. The highest BCUT2D eigenvalue weighted by Crippen LogP contribution is 2.27. The number of nitrogens with zero attached hydrogens (tertiary/aromatic N) is 2. The standard InChI is InChI=1S/C19H19ClN4O2/c20-14-2-1-3-15(11-14)23-6-8-24(9-7-23)19(26)13-4-5-16-17(10-13)22-18(25)12-21-16/h1-5,10-11,21H,6-9,12H2,(H,22,25). The van der Waals surface area contributed by atoms with Crippen molar-refractivity contribution < 1.29 is 9.59 Å². The lowest BCUT2D eigenvalue weighted by Gasteiger charge is -2.36. The Balaban J connectivity index is 1.44. The van der Waals surface area contributed by atoms with Crippen molar-refractivity contribution in [2.75, 3.05) is 48.3 Å². The van der Waals surface area contributed by atoms with Crippen LogP contribution in [0.2, 0.25) is 5.02 Å². The summed E-state index contributed by atoms with van der Waals surface area (Å²) in [5.74, 6) is -0.115. The quantitative estimate of drug-likeness (QED) is 0.853. The highest BCUT2D eigenvalue weighted by atomic mass is 35.5. The molecule has 0 spiro atoms. The molecule has 6 nitrogen and oxygen atoms in total. The van der Waals surface area contributed by atoms with Crippen molar-refractivity contribution in [2.24, 2.45) is 0 Å². The summed E-state index contributed by atoms with van der Waals surface area (Å²) in [6.45, 7) is 3.07. The third kappa shape index (κ3) is 3.32. The molecule has 2 amide bonds. The number of carbonyl (C=O) groups excluding carboxylic acids is 2. The van der Waals surface area contributed by atoms with Crippen molar-refractivity contribution in [3.05, 3.63) is 53.1 Å². The van der Waals surface area contributed by atoms with Crippen molar-refractivity contribution in [3.8, 4) is 0 Å². The molecule has 2 aromatic rings. The molecule has 7 heteroatoms. The number of hydrogen-bond donors (Lipinski definition) is 2. The van der Waals surface area contributed by atoms with Crippen molar-refractivity contribution in [3.63, 3.8) is 0 Å². The third-order valence-corrected chi connectivity index (χ3v) is 4.96. The van der Waals surface area contributed by atoms with E-state index in [0.717, 1.165) is 24.5 Å². The Labute approximate surface area is 156 Å². The second-order valence-corrected chi connectivity index (χ2v) is 6.86. The number of nitrogens with one attached hydrogen (secondary N) is 2. The van der Waals surface area contributed by atoms with Crippen LogP contribution in [0.15, 0.2) is 42.5 Å². The zero-order valence-corrected chi connectivity index (χ0v) is 14.9. The van der Waals surface area contributed by atoms with Gasteiger partial charge in [-0.1, -0.05) is 17.7 Å². The summed E-state index contributed by atoms with van der Waals surface area (Å²) >= 11 is 6.07. The number of halogens is 1. The normalized spacial score (nSPS) is 16.6. The molecule has 0 aromatic heterocycles. The number of carbonyl (C=O) groups is 2. The van der Waals surface area contributed by atoms with Gasteiger partial charge in [0, 0.05) is 42.5 Å². The van der Waals surface area contributed by atoms with E-state index in [9.17, 15) is 9.59 Å². The maximum Gasteiger partial charge on any atom is 0.254 e. The lowest BCUT2D eigenvalue weighted by Crippen LogP contribution is -2.48. The highest BCUT2D eigenvalue weighted by molar-refractivity contribution is 6.30. The first-order chi connectivity index (χ1) is 12.6. The van der Waals surface area contributed by atoms with Crippen LogP contribution in [-0.2, 0) is 4.79 Å². The van der Waals surface area contributed by atoms with E-state index in [2.05, 4.69) is 15.5 Å². The Kier molecular flexibility index (Phi) is 4.42. The predicted molar refractivity (Wildman–Crippen MR) is 103 cm³/mol. The van der Waals surface area contributed by atoms with Crippen LogP contribution in [0.5, 0.6) is 0 Å². The van der Waals surface area contributed by atoms with Crippen LogP contribution in [0.1, 0.15) is 10.4 Å². The molecule has 134 valence electrons. The number of benzene rings is 2. The van der Waals surface area contributed by atoms with Crippen LogP contribution < -0.4 is 15.5 Å². The van der Waals surface area contributed by atoms with Gasteiger partial charge in [-0.3, -0.25) is 9.59 Å². The molecule has 1 saturated heterocycles. The Morgan fingerprint density at radius 1 is 1.00 bits per heavy atom. The van der Waals surface area contributed by atoms with Gasteiger partial charge in [0.05, 0.1) is 17.9 Å². The van der Waals surface area contributed by atoms with Gasteiger partial charge in [-0.15, -0.1) is 0 Å². The number of hydrogen-bond acceptors (Lipinski definition) is 4. The van der Waals surface area contributed by atoms with E-state index in [1.807, 2.05) is 35.2 Å². The van der Waals surface area contributed by atoms with Crippen molar-refractivity contribution in [2.45, 2.75) is 0 Å². The molecule has 0 atom stereocenters. The maximum absolute atomic E-state index is 12.8. The van der Waals surface area contributed by atoms with E-state index >= 15 is 0 Å². The molecule has 4 rings (SSSR count). The predicted octanol–water partition coefficient (Wildman–Crippen LogP) is 2.67. The van der Waals surface area contributed by atoms with Gasteiger partial charge < -0.3 is 20.4 Å². The van der Waals surface area contributed by atoms with Gasteiger partial charge in [-0.25, -0.2) is 0 Å². The van der Waals surface area contributed by atoms with Gasteiger partial charge in [-0.2, -0.15) is 0 Å². The molecule has 2 N–H and O–H groups in total. The monoisotopic (exact) mass is 370 g/mol. The van der Waals surface area contributed by atoms with Crippen molar-refractivity contribution in [1.82, 2.24) is 4.90 Å². The Bertz CT molecular complexity index is 862. The fourth-order valence-electron chi connectivity index (χ4n) is 3.33. The molecule has 2 aromatic carbocycles. The molecular formula is C19H19ClN4O2. The molecule has 0 aliphatic carbocycles. The second kappa shape index (κ2) is 6.88. The average molecular weight is 371 g/mol. The summed E-state index contributed by atoms with van der Waals surface area (Å²) in [5.41, 5.74) is 3.16. The van der Waals surface area contributed by atoms with Crippen LogP contribution in [0.3, 0.4) is 0 Å². The minimum absolute atomic E-state index is 0.0154. The molecule has 1 fully saturated rings. The summed E-state index contributed by atoms with van der Waals surface area (Å²) in [7, 11) is 0. The van der Waals surface area contributed by atoms with Gasteiger partial charge in [0.2, 0.25) is 5.91 Å². The number of amides is 2. The Morgan fingerprint density at radius 3 is 2.58 bits per heavy atom. The van der Waals surface area contributed by atoms with E-state index in [0.29, 0.717) is 29.4 Å². The SMILES string of the molecule is O=C1CNc2ccc(C(=O)N3CCN(c4cccc(Cl)c4)CC3)cc2N1. The van der Waals surface area contributed by atoms with Crippen LogP contribution in [-0.4, -0.2) is 49.4 Å². The van der Waals surface area contributed by atoms with E-state index in [1.165, 1.54) is 0 Å². The molecule has 2 heterocycles. The Morgan fingerprint density at radius 2 is 1.81 bits per heavy atom. The minimum Gasteiger partial charge on any atom is -0.374 e. The smallest absolute Gasteiger partial charge is 0.254 e. The summed E-state index contributed by atoms with van der Waals surface area (Å²) in [6.07, 6.45) is 0. The average Bonchev–Trinajstić information content (AvgIpc) is 2.67. The van der Waals surface area contributed by atoms with Gasteiger partial charge >= 0.3 is 0 Å². The molecule has 26 heavy (non-hydrogen) atoms. The molecule has 0 radical (unpaired) electrons. The van der Waals surface area contributed by atoms with Gasteiger partial charge in [-0.05, 0) is 36.4 Å². The van der Waals surface area contributed by atoms with E-state index in [4.69, 9.17) is 11.6 Å². The molecular weight excluding hydrogens is 352 g/mol. The van der Waals surface area contributed by atoms with Crippen LogP contribution in [0.4, 0.5) is 17.1 Å². The maximum atomic E-state index is 12.8. The molecule has 2 aliphatic heterocycles. The lowest BCUT2D eigenvalue weighted by atomic mass is 10.1. The van der Waals surface area contributed by atoms with Crippen molar-refractivity contribution >= 4 is 40.5 Å². The topological polar surface area (TPSA) is 64.7 Å². The Hall–Kier alpha value is -2.73. The fraction of sp³-hybridized carbons (Fsp3) is 0.263. The first-order valence-corrected chi connectivity index (χ1v) is 8.95. The first-order valence-electron chi connectivity index (χ1n) is 8.58. The number of fused-ring (bicyclic) bond motifs is 1. The van der Waals surface area contributed by atoms with E-state index < -0.39 is 0 Å². The largest absolute Gasteiger partial charge is 0.374 e. The number of rotatable bonds is 2. The van der Waals surface area contributed by atoms with Crippen LogP contribution in [0, 0.1) is 0 Å². The van der Waals surface area contributed by atoms with Gasteiger partial charge in [0.25, 0.3) is 5.91 Å². The van der Waals surface area contributed by atoms with Crippen LogP contribution >= 0.6 is 11.6 Å². The van der Waals surface area contributed by atoms with Crippen LogP contribution in [0.25, 0.3) is 0 Å². The zero-order chi connectivity index (χ0) is 18.1. The van der Waals surface area contributed by atoms with Crippen molar-refractivity contribution in [1.29, 1.82) is 0 Å². The number of piperazine rings is 1. The molecule has 0 bridgehead atoms. The van der Waals surface area contributed by atoms with E-state index in [1.54, 1.807) is 12.1 Å². The highest BCUT2D eigenvalue weighted by Gasteiger charge is 2.24. The summed E-state index contributed by atoms with van der Waals surface area (Å²) in [6, 6.07) is 13.1.